The molecule has 17 heavy (non-hydrogen) atoms. The first kappa shape index (κ1) is 12.2. The molecule has 2 unspecified atom stereocenters. The van der Waals surface area contributed by atoms with E-state index < -0.39 is 0 Å². The molecule has 3 N–H and O–H groups in total. The highest BCUT2D eigenvalue weighted by atomic mass is 19.1. The molecule has 0 amide bonds. The van der Waals surface area contributed by atoms with Crippen LogP contribution in [0.25, 0.3) is 0 Å². The Morgan fingerprint density at radius 2 is 2.18 bits per heavy atom. The molecule has 1 aliphatic rings. The molecule has 1 aliphatic carbocycles. The van der Waals surface area contributed by atoms with Crippen molar-refractivity contribution in [3.05, 3.63) is 17.8 Å². The smallest absolute Gasteiger partial charge is 0.186 e. The molecule has 0 spiro atoms. The third-order valence-electron chi connectivity index (χ3n) is 3.46. The molecular formula is C12H19FN4. The highest BCUT2D eigenvalue weighted by molar-refractivity contribution is 5.36. The Morgan fingerprint density at radius 1 is 1.41 bits per heavy atom. The van der Waals surface area contributed by atoms with Crippen LogP contribution in [0.4, 0.5) is 10.2 Å². The van der Waals surface area contributed by atoms with E-state index in [0.717, 1.165) is 12.8 Å². The van der Waals surface area contributed by atoms with E-state index in [9.17, 15) is 4.39 Å². The fourth-order valence-corrected chi connectivity index (χ4v) is 2.30. The molecule has 0 saturated heterocycles. The maximum atomic E-state index is 13.6. The van der Waals surface area contributed by atoms with Gasteiger partial charge in [-0.25, -0.2) is 14.4 Å². The number of aromatic nitrogens is 2. The zero-order valence-electron chi connectivity index (χ0n) is 10.1. The van der Waals surface area contributed by atoms with Crippen LogP contribution >= 0.6 is 0 Å². The van der Waals surface area contributed by atoms with Gasteiger partial charge in [0.2, 0.25) is 0 Å². The minimum atomic E-state index is -0.364. The molecule has 4 nitrogen and oxygen atoms in total. The predicted molar refractivity (Wildman–Crippen MR) is 65.2 cm³/mol. The summed E-state index contributed by atoms with van der Waals surface area (Å²) >= 11 is 0. The molecule has 0 aromatic carbocycles. The van der Waals surface area contributed by atoms with Crippen LogP contribution in [-0.4, -0.2) is 22.6 Å². The van der Waals surface area contributed by atoms with Crippen molar-refractivity contribution in [2.75, 3.05) is 11.9 Å². The van der Waals surface area contributed by atoms with E-state index in [1.165, 1.54) is 19.2 Å². The second-order valence-electron chi connectivity index (χ2n) is 4.71. The van der Waals surface area contributed by atoms with E-state index in [-0.39, 0.29) is 17.7 Å². The maximum absolute atomic E-state index is 13.6. The van der Waals surface area contributed by atoms with Crippen molar-refractivity contribution in [2.24, 2.45) is 11.7 Å². The van der Waals surface area contributed by atoms with Gasteiger partial charge in [-0.2, -0.15) is 0 Å². The van der Waals surface area contributed by atoms with Crippen LogP contribution in [0.2, 0.25) is 0 Å². The number of hydrogen-bond acceptors (Lipinski definition) is 4. The van der Waals surface area contributed by atoms with Crippen molar-refractivity contribution in [2.45, 2.75) is 38.6 Å². The van der Waals surface area contributed by atoms with Crippen LogP contribution in [-0.2, 0) is 0 Å². The quantitative estimate of drug-likeness (QED) is 0.843. The standard InChI is InChI=1S/C12H19FN4/c1-8-11(13)12(17-7-16-8)15-6-9-4-2-3-5-10(9)14/h7,9-10H,2-6,14H2,1H3,(H,15,16,17). The first-order chi connectivity index (χ1) is 8.18. The van der Waals surface area contributed by atoms with E-state index in [1.54, 1.807) is 6.92 Å². The summed E-state index contributed by atoms with van der Waals surface area (Å²) in [5.74, 6) is 0.338. The van der Waals surface area contributed by atoms with Crippen molar-refractivity contribution in [1.82, 2.24) is 9.97 Å². The first-order valence-electron chi connectivity index (χ1n) is 6.15. The zero-order valence-corrected chi connectivity index (χ0v) is 10.1. The lowest BCUT2D eigenvalue weighted by molar-refractivity contribution is 0.321. The Balaban J connectivity index is 1.95. The molecule has 0 bridgehead atoms. The summed E-state index contributed by atoms with van der Waals surface area (Å²) in [6.45, 7) is 2.32. The summed E-state index contributed by atoms with van der Waals surface area (Å²) in [6, 6.07) is 0.224. The summed E-state index contributed by atoms with van der Waals surface area (Å²) in [5, 5.41) is 3.05. The number of nitrogens with one attached hydrogen (secondary N) is 1. The second kappa shape index (κ2) is 5.40. The van der Waals surface area contributed by atoms with Crippen molar-refractivity contribution >= 4 is 5.82 Å². The summed E-state index contributed by atoms with van der Waals surface area (Å²) < 4.78 is 13.6. The van der Waals surface area contributed by atoms with Gasteiger partial charge in [0.1, 0.15) is 6.33 Å². The van der Waals surface area contributed by atoms with Gasteiger partial charge in [0.15, 0.2) is 11.6 Å². The van der Waals surface area contributed by atoms with Crippen LogP contribution in [0.15, 0.2) is 6.33 Å². The molecule has 0 radical (unpaired) electrons. The lowest BCUT2D eigenvalue weighted by Crippen LogP contribution is -2.37. The molecule has 94 valence electrons. The lowest BCUT2D eigenvalue weighted by Gasteiger charge is -2.28. The largest absolute Gasteiger partial charge is 0.367 e. The number of halogens is 1. The van der Waals surface area contributed by atoms with E-state index in [2.05, 4.69) is 15.3 Å². The van der Waals surface area contributed by atoms with Crippen LogP contribution in [0.3, 0.4) is 0 Å². The zero-order chi connectivity index (χ0) is 12.3. The average molecular weight is 238 g/mol. The van der Waals surface area contributed by atoms with Crippen molar-refractivity contribution in [3.63, 3.8) is 0 Å². The van der Waals surface area contributed by atoms with E-state index in [1.807, 2.05) is 0 Å². The monoisotopic (exact) mass is 238 g/mol. The maximum Gasteiger partial charge on any atom is 0.186 e. The highest BCUT2D eigenvalue weighted by Crippen LogP contribution is 2.23. The Hall–Kier alpha value is -1.23. The highest BCUT2D eigenvalue weighted by Gasteiger charge is 2.22. The molecule has 1 aromatic rings. The molecule has 1 fully saturated rings. The number of nitrogens with zero attached hydrogens (tertiary/aromatic N) is 2. The van der Waals surface area contributed by atoms with Crippen LogP contribution in [0.5, 0.6) is 0 Å². The predicted octanol–water partition coefficient (Wildman–Crippen LogP) is 1.85. The number of hydrogen-bond donors (Lipinski definition) is 2. The van der Waals surface area contributed by atoms with Gasteiger partial charge in [-0.1, -0.05) is 12.8 Å². The van der Waals surface area contributed by atoms with E-state index in [4.69, 9.17) is 5.73 Å². The Labute approximate surface area is 101 Å². The van der Waals surface area contributed by atoms with Gasteiger partial charge in [-0.15, -0.1) is 0 Å². The Kier molecular flexibility index (Phi) is 3.89. The number of nitrogens with two attached hydrogens (primary N) is 1. The second-order valence-corrected chi connectivity index (χ2v) is 4.71. The number of aryl methyl sites for hydroxylation is 1. The normalized spacial score (nSPS) is 24.6. The Morgan fingerprint density at radius 3 is 2.94 bits per heavy atom. The minimum Gasteiger partial charge on any atom is -0.367 e. The molecule has 1 aromatic heterocycles. The van der Waals surface area contributed by atoms with Gasteiger partial charge < -0.3 is 11.1 Å². The van der Waals surface area contributed by atoms with Gasteiger partial charge in [-0.05, 0) is 25.7 Å². The van der Waals surface area contributed by atoms with Crippen molar-refractivity contribution in [3.8, 4) is 0 Å². The summed E-state index contributed by atoms with van der Waals surface area (Å²) in [5.41, 5.74) is 6.42. The third-order valence-corrected chi connectivity index (χ3v) is 3.46. The van der Waals surface area contributed by atoms with Gasteiger partial charge in [0, 0.05) is 12.6 Å². The molecule has 1 saturated carbocycles. The van der Waals surface area contributed by atoms with E-state index >= 15 is 0 Å². The summed E-state index contributed by atoms with van der Waals surface area (Å²) in [4.78, 5) is 7.71. The SMILES string of the molecule is Cc1ncnc(NCC2CCCCC2N)c1F. The molecule has 5 heteroatoms. The van der Waals surface area contributed by atoms with Crippen LogP contribution < -0.4 is 11.1 Å². The third kappa shape index (κ3) is 2.91. The first-order valence-corrected chi connectivity index (χ1v) is 6.15. The number of rotatable bonds is 3. The fraction of sp³-hybridized carbons (Fsp3) is 0.667. The van der Waals surface area contributed by atoms with Crippen molar-refractivity contribution in [1.29, 1.82) is 0 Å². The summed E-state index contributed by atoms with van der Waals surface area (Å²) in [7, 11) is 0. The van der Waals surface area contributed by atoms with Gasteiger partial charge in [-0.3, -0.25) is 0 Å². The molecular weight excluding hydrogens is 219 g/mol. The molecule has 2 atom stereocenters. The molecule has 1 heterocycles. The van der Waals surface area contributed by atoms with Gasteiger partial charge in [0.25, 0.3) is 0 Å². The van der Waals surface area contributed by atoms with Gasteiger partial charge in [0.05, 0.1) is 5.69 Å². The lowest BCUT2D eigenvalue weighted by atomic mass is 9.85. The topological polar surface area (TPSA) is 63.8 Å². The Bertz CT molecular complexity index is 383. The minimum absolute atomic E-state index is 0.224. The summed E-state index contributed by atoms with van der Waals surface area (Å²) in [6.07, 6.45) is 5.98. The molecule has 0 aliphatic heterocycles. The van der Waals surface area contributed by atoms with Crippen LogP contribution in [0, 0.1) is 18.7 Å². The van der Waals surface area contributed by atoms with Gasteiger partial charge >= 0.3 is 0 Å². The van der Waals surface area contributed by atoms with Crippen molar-refractivity contribution < 1.29 is 4.39 Å². The number of anilines is 1. The molecule has 2 rings (SSSR count). The fourth-order valence-electron chi connectivity index (χ4n) is 2.30. The average Bonchev–Trinajstić information content (AvgIpc) is 2.33. The van der Waals surface area contributed by atoms with Crippen LogP contribution in [0.1, 0.15) is 31.4 Å². The van der Waals surface area contributed by atoms with E-state index in [0.29, 0.717) is 18.2 Å².